The molecule has 0 radical (unpaired) electrons. The second kappa shape index (κ2) is 46.7. The number of benzene rings is 3. The zero-order chi connectivity index (χ0) is 64.2. The summed E-state index contributed by atoms with van der Waals surface area (Å²) in [4.78, 5) is 52.1. The maximum Gasteiger partial charge on any atom is 0.407 e. The molecule has 0 aliphatic heterocycles. The second-order valence-corrected chi connectivity index (χ2v) is 23.4. The van der Waals surface area contributed by atoms with Crippen molar-refractivity contribution in [3.8, 4) is 12.1 Å². The Bertz CT molecular complexity index is 3110. The number of fused-ring (bicyclic) bond motifs is 3. The van der Waals surface area contributed by atoms with Gasteiger partial charge in [-0.1, -0.05) is 43.9 Å². The standard InChI is InChI=1S/C26H34ClN3O6S.C15H14N2O3S.C12H13NO2S.C10H22ClNO2/c1-30(22-7-6-20-16-23(37-24(20)18-22)17-21(19-28)25(31)32)10-13-36-26(33)29-9-12-35-15-14-34-11-5-3-2-4-8-27;1-17(4-5-18)12-3-2-11-6-14(21-15(11)7-12)8-13(9-16)20-10-19;1-13(4-5-14)10-3-2-9-6-11(8-15)16-12(9)7-10;11-5-3-1-2-4-7-13-9-10-14-8-6-12/h6-7,16-18H,2-5,8-15H2,1H3,(H,29,33)(H,31,32);2-3,6-8,10,18H,4-5H2,1H3;2-3,6-8,14H,4-5H2,1H3;1-10,12H2/b21-17+;13-8-;;. The number of nitrogens with one attached hydrogen (secondary N) is 1. The number of thiophene rings is 3. The number of halogens is 2. The van der Waals surface area contributed by atoms with Gasteiger partial charge in [0.05, 0.1) is 64.3 Å². The molecule has 0 aliphatic carbocycles. The highest BCUT2D eigenvalue weighted by Crippen LogP contribution is 2.33. The first-order chi connectivity index (χ1) is 42.8. The smallest absolute Gasteiger partial charge is 0.407 e. The van der Waals surface area contributed by atoms with E-state index in [9.17, 15) is 19.2 Å². The topological polar surface area (TPSA) is 280 Å². The normalized spacial score (nSPS) is 11.1. The summed E-state index contributed by atoms with van der Waals surface area (Å²) < 4.78 is 34.4. The first-order valence-corrected chi connectivity index (χ1v) is 32.3. The van der Waals surface area contributed by atoms with Crippen LogP contribution in [0.3, 0.4) is 0 Å². The van der Waals surface area contributed by atoms with Gasteiger partial charge < -0.3 is 69.5 Å². The van der Waals surface area contributed by atoms with Crippen LogP contribution in [0.25, 0.3) is 42.4 Å². The molecule has 6 aromatic rings. The Kier molecular flexibility index (Phi) is 40.2. The SMILES string of the molecule is CN(CCO)c1ccc2cc(/C=C(/C#N)OC=O)sc2c1.CN(CCO)c1ccc2cc(C=O)sc2c1.CN(CCOC(=O)NCCOCCOCCCCCCCl)c1ccc2cc(/C=C(\C#N)C(=O)O)sc2c1.NCCOCCOCCCCCCCl. The molecule has 0 unspecified atom stereocenters. The van der Waals surface area contributed by atoms with E-state index >= 15 is 0 Å². The van der Waals surface area contributed by atoms with Gasteiger partial charge in [0.15, 0.2) is 6.29 Å². The van der Waals surface area contributed by atoms with Crippen LogP contribution in [0, 0.1) is 22.7 Å². The zero-order valence-electron chi connectivity index (χ0n) is 50.3. The molecule has 0 aliphatic rings. The molecule has 20 nitrogen and oxygen atoms in total. The van der Waals surface area contributed by atoms with E-state index in [1.807, 2.05) is 115 Å². The molecule has 3 heterocycles. The summed E-state index contributed by atoms with van der Waals surface area (Å²) in [5.74, 6) is 0.204. The van der Waals surface area contributed by atoms with Gasteiger partial charge in [-0.3, -0.25) is 9.59 Å². The number of ether oxygens (including phenoxy) is 6. The molecule has 6 N–H and O–H groups in total. The number of carboxylic acid groups (broad SMARTS) is 1. The Balaban J connectivity index is 0.000000334. The monoisotopic (exact) mass is 1310 g/mol. The number of alkyl carbamates (subject to hydrolysis) is 1. The summed E-state index contributed by atoms with van der Waals surface area (Å²) in [6.45, 7) is 8.19. The highest BCUT2D eigenvalue weighted by Gasteiger charge is 2.12. The Morgan fingerprint density at radius 1 is 0.580 bits per heavy atom. The molecule has 3 aromatic heterocycles. The molecule has 0 saturated carbocycles. The minimum atomic E-state index is -1.25. The summed E-state index contributed by atoms with van der Waals surface area (Å²) in [6, 6.07) is 27.1. The fraction of sp³-hybridized carbons (Fsp3) is 0.460. The summed E-state index contributed by atoms with van der Waals surface area (Å²) in [7, 11) is 5.74. The van der Waals surface area contributed by atoms with Crippen molar-refractivity contribution in [1.29, 1.82) is 10.5 Å². The van der Waals surface area contributed by atoms with E-state index in [2.05, 4.69) is 10.1 Å². The number of nitrogens with two attached hydrogens (primary N) is 1. The number of carbonyl (C=O) groups is 4. The van der Waals surface area contributed by atoms with Gasteiger partial charge in [0.25, 0.3) is 6.47 Å². The predicted octanol–water partition coefficient (Wildman–Crippen LogP) is 11.2. The number of aliphatic carboxylic acids is 1. The molecule has 0 atom stereocenters. The number of likely N-dealkylation sites (N-methyl/N-ethyl adjacent to an activating group) is 3. The number of aliphatic hydroxyl groups excluding tert-OH is 2. The Labute approximate surface area is 538 Å². The van der Waals surface area contributed by atoms with Gasteiger partial charge in [0.1, 0.15) is 24.3 Å². The molecule has 6 rings (SSSR count). The number of aliphatic hydroxyl groups is 2. The fourth-order valence-electron chi connectivity index (χ4n) is 7.86. The average molecular weight is 1310 g/mol. The van der Waals surface area contributed by atoms with Crippen molar-refractivity contribution in [2.45, 2.75) is 51.4 Å². The maximum absolute atomic E-state index is 11.9. The van der Waals surface area contributed by atoms with Crippen LogP contribution in [-0.4, -0.2) is 178 Å². The molecule has 0 saturated heterocycles. The molecule has 0 bridgehead atoms. The number of carboxylic acids is 1. The number of rotatable bonds is 39. The van der Waals surface area contributed by atoms with Crippen molar-refractivity contribution in [2.75, 3.05) is 153 Å². The number of amides is 1. The largest absolute Gasteiger partial charge is 0.477 e. The molecule has 0 fully saturated rings. The number of allylic oxidation sites excluding steroid dienone is 1. The van der Waals surface area contributed by atoms with Crippen molar-refractivity contribution < 1.29 is 62.9 Å². The number of alkyl halides is 2. The quantitative estimate of drug-likeness (QED) is 0.00599. The Morgan fingerprint density at radius 3 is 1.45 bits per heavy atom. The zero-order valence-corrected chi connectivity index (χ0v) is 54.3. The summed E-state index contributed by atoms with van der Waals surface area (Å²) >= 11 is 15.6. The average Bonchev–Trinajstić information content (AvgIpc) is 2.72. The second-order valence-electron chi connectivity index (χ2n) is 19.3. The number of anilines is 3. The number of carbonyl (C=O) groups excluding carboxylic acids is 3. The van der Waals surface area contributed by atoms with Crippen molar-refractivity contribution in [2.24, 2.45) is 5.73 Å². The van der Waals surface area contributed by atoms with Gasteiger partial charge in [-0.15, -0.1) is 57.2 Å². The van der Waals surface area contributed by atoms with Crippen molar-refractivity contribution >= 4 is 142 Å². The molecular formula is C63H83Cl2N7O13S3. The van der Waals surface area contributed by atoms with Crippen molar-refractivity contribution in [3.05, 3.63) is 98.8 Å². The number of nitriles is 2. The van der Waals surface area contributed by atoms with Crippen LogP contribution >= 0.6 is 57.2 Å². The van der Waals surface area contributed by atoms with E-state index in [1.165, 1.54) is 59.0 Å². The highest BCUT2D eigenvalue weighted by molar-refractivity contribution is 7.21. The summed E-state index contributed by atoms with van der Waals surface area (Å²) in [5.41, 5.74) is 7.95. The lowest BCUT2D eigenvalue weighted by atomic mass is 10.2. The molecule has 88 heavy (non-hydrogen) atoms. The van der Waals surface area contributed by atoms with Crippen LogP contribution in [0.15, 0.2) is 84.1 Å². The third-order valence-electron chi connectivity index (χ3n) is 12.6. The van der Waals surface area contributed by atoms with Gasteiger partial charge in [0.2, 0.25) is 5.76 Å². The van der Waals surface area contributed by atoms with Crippen LogP contribution in [0.1, 0.15) is 70.8 Å². The fourth-order valence-corrected chi connectivity index (χ4v) is 11.2. The predicted molar refractivity (Wildman–Crippen MR) is 357 cm³/mol. The van der Waals surface area contributed by atoms with Gasteiger partial charge in [0, 0.05) is 119 Å². The number of hydrogen-bond donors (Lipinski definition) is 5. The number of hydrogen-bond acceptors (Lipinski definition) is 21. The highest BCUT2D eigenvalue weighted by atomic mass is 35.5. The van der Waals surface area contributed by atoms with Crippen LogP contribution in [0.2, 0.25) is 0 Å². The minimum Gasteiger partial charge on any atom is -0.477 e. The molecule has 3 aromatic carbocycles. The van der Waals surface area contributed by atoms with Gasteiger partial charge in [-0.25, -0.2) is 9.59 Å². The van der Waals surface area contributed by atoms with E-state index in [4.69, 9.17) is 78.5 Å². The number of nitrogens with zero attached hydrogens (tertiary/aromatic N) is 5. The maximum atomic E-state index is 11.9. The number of unbranched alkanes of at least 4 members (excludes halogenated alkanes) is 6. The molecule has 1 amide bonds. The summed E-state index contributed by atoms with van der Waals surface area (Å²) in [5, 5.41) is 50.4. The van der Waals surface area contributed by atoms with E-state index in [1.54, 1.807) is 6.07 Å². The van der Waals surface area contributed by atoms with E-state index in [-0.39, 0.29) is 37.6 Å². The molecule has 0 spiro atoms. The number of aldehydes is 1. The third kappa shape index (κ3) is 30.7. The van der Waals surface area contributed by atoms with Crippen LogP contribution < -0.4 is 25.8 Å². The summed E-state index contributed by atoms with van der Waals surface area (Å²) in [6.07, 6.45) is 12.3. The Hall–Kier alpha value is -6.42. The van der Waals surface area contributed by atoms with Crippen molar-refractivity contribution in [3.63, 3.8) is 0 Å². The Morgan fingerprint density at radius 2 is 1.02 bits per heavy atom. The molecule has 25 heteroatoms. The first kappa shape index (κ1) is 75.8. The van der Waals surface area contributed by atoms with E-state index in [0.29, 0.717) is 83.1 Å². The first-order valence-electron chi connectivity index (χ1n) is 28.8. The minimum absolute atomic E-state index is 0.0332. The van der Waals surface area contributed by atoms with Crippen LogP contribution in [-0.2, 0) is 38.0 Å². The molecular weight excluding hydrogens is 1230 g/mol. The van der Waals surface area contributed by atoms with Crippen LogP contribution in [0.4, 0.5) is 21.9 Å². The lowest BCUT2D eigenvalue weighted by Crippen LogP contribution is -2.31. The third-order valence-corrected chi connectivity index (χ3v) is 16.2. The van der Waals surface area contributed by atoms with Gasteiger partial charge in [-0.05, 0) is 103 Å². The van der Waals surface area contributed by atoms with E-state index in [0.717, 1.165) is 121 Å². The van der Waals surface area contributed by atoms with E-state index < -0.39 is 12.1 Å². The van der Waals surface area contributed by atoms with Gasteiger partial charge >= 0.3 is 12.1 Å². The van der Waals surface area contributed by atoms with Crippen molar-refractivity contribution in [1.82, 2.24) is 5.32 Å². The van der Waals surface area contributed by atoms with Crippen LogP contribution in [0.5, 0.6) is 0 Å². The lowest BCUT2D eigenvalue weighted by molar-refractivity contribution is -0.132. The van der Waals surface area contributed by atoms with Gasteiger partial charge in [-0.2, -0.15) is 10.5 Å². The molecule has 480 valence electrons. The lowest BCUT2D eigenvalue weighted by Gasteiger charge is -2.19.